The minimum absolute atomic E-state index is 0.0660. The molecule has 1 aliphatic heterocycles. The predicted octanol–water partition coefficient (Wildman–Crippen LogP) is 4.00. The minimum atomic E-state index is -0.212. The monoisotopic (exact) mass is 416 g/mol. The third-order valence-electron chi connectivity index (χ3n) is 5.61. The van der Waals surface area contributed by atoms with Crippen molar-refractivity contribution in [1.29, 1.82) is 0 Å². The number of hydrogen-bond donors (Lipinski definition) is 1. The maximum Gasteiger partial charge on any atom is 0.225 e. The number of nitrogens with one attached hydrogen (secondary N) is 1. The van der Waals surface area contributed by atoms with E-state index in [1.165, 1.54) is 0 Å². The molecular weight excluding hydrogens is 388 g/mol. The third kappa shape index (κ3) is 5.20. The average molecular weight is 417 g/mol. The van der Waals surface area contributed by atoms with Gasteiger partial charge < -0.3 is 15.0 Å². The minimum Gasteiger partial charge on any atom is -0.494 e. The fraction of sp³-hybridized carbons (Fsp3) is 0.320. The molecule has 1 amide bonds. The molecule has 0 saturated carbocycles. The predicted molar refractivity (Wildman–Crippen MR) is 121 cm³/mol. The lowest BCUT2D eigenvalue weighted by Gasteiger charge is -2.33. The van der Waals surface area contributed by atoms with Crippen molar-refractivity contribution in [2.45, 2.75) is 25.8 Å². The van der Waals surface area contributed by atoms with Crippen LogP contribution in [-0.4, -0.2) is 35.6 Å². The molecule has 2 heterocycles. The smallest absolute Gasteiger partial charge is 0.225 e. The first-order valence-electron chi connectivity index (χ1n) is 10.8. The Kier molecular flexibility index (Phi) is 6.77. The number of nitrogens with zero attached hydrogens (tertiary/aromatic N) is 3. The molecule has 4 rings (SSSR count). The van der Waals surface area contributed by atoms with Crippen LogP contribution in [0.4, 0.5) is 5.82 Å². The molecule has 1 fully saturated rings. The topological polar surface area (TPSA) is 67.3 Å². The van der Waals surface area contributed by atoms with E-state index in [4.69, 9.17) is 4.74 Å². The summed E-state index contributed by atoms with van der Waals surface area (Å²) in [6.45, 7) is 4.14. The molecule has 0 spiro atoms. The number of anilines is 1. The van der Waals surface area contributed by atoms with Gasteiger partial charge in [-0.1, -0.05) is 42.5 Å². The van der Waals surface area contributed by atoms with Crippen LogP contribution in [0.3, 0.4) is 0 Å². The van der Waals surface area contributed by atoms with Gasteiger partial charge in [0.2, 0.25) is 5.91 Å². The standard InChI is InChI=1S/C25H28N4O2/c1-2-31-22-12-10-20(11-13-22)24(19-7-4-3-5-8-19)28-25(30)21-9-6-16-29(18-21)23-17-26-14-15-27-23/h3-5,7-8,10-15,17,21,24H,2,6,9,16,18H2,1H3,(H,28,30)/t21-,24+/m1/s1. The second-order valence-corrected chi connectivity index (χ2v) is 7.70. The molecule has 31 heavy (non-hydrogen) atoms. The summed E-state index contributed by atoms with van der Waals surface area (Å²) in [6, 6.07) is 17.8. The number of aromatic nitrogens is 2. The molecule has 160 valence electrons. The summed E-state index contributed by atoms with van der Waals surface area (Å²) in [7, 11) is 0. The van der Waals surface area contributed by atoms with E-state index >= 15 is 0 Å². The lowest BCUT2D eigenvalue weighted by Crippen LogP contribution is -2.44. The lowest BCUT2D eigenvalue weighted by atomic mass is 9.94. The Balaban J connectivity index is 1.51. The van der Waals surface area contributed by atoms with Crippen LogP contribution in [0.15, 0.2) is 73.2 Å². The summed E-state index contributed by atoms with van der Waals surface area (Å²) < 4.78 is 5.57. The van der Waals surface area contributed by atoms with Gasteiger partial charge in [0.25, 0.3) is 0 Å². The molecule has 1 N–H and O–H groups in total. The Hall–Kier alpha value is -3.41. The SMILES string of the molecule is CCOc1ccc([C@@H](NC(=O)[C@@H]2CCCN(c3cnccn3)C2)c2ccccc2)cc1. The van der Waals surface area contributed by atoms with Gasteiger partial charge in [0.05, 0.1) is 24.8 Å². The lowest BCUT2D eigenvalue weighted by molar-refractivity contribution is -0.125. The molecule has 3 aromatic rings. The highest BCUT2D eigenvalue weighted by Crippen LogP contribution is 2.27. The molecule has 0 aliphatic carbocycles. The first-order valence-corrected chi connectivity index (χ1v) is 10.8. The molecule has 1 saturated heterocycles. The first kappa shape index (κ1) is 20.8. The van der Waals surface area contributed by atoms with Crippen LogP contribution in [0.2, 0.25) is 0 Å². The van der Waals surface area contributed by atoms with Gasteiger partial charge in [-0.3, -0.25) is 9.78 Å². The number of carbonyl (C=O) groups excluding carboxylic acids is 1. The molecule has 6 heteroatoms. The van der Waals surface area contributed by atoms with Crippen molar-refractivity contribution in [3.63, 3.8) is 0 Å². The van der Waals surface area contributed by atoms with Gasteiger partial charge in [-0.15, -0.1) is 0 Å². The second-order valence-electron chi connectivity index (χ2n) is 7.70. The highest BCUT2D eigenvalue weighted by Gasteiger charge is 2.28. The van der Waals surface area contributed by atoms with Crippen LogP contribution < -0.4 is 15.0 Å². The van der Waals surface area contributed by atoms with Crippen molar-refractivity contribution in [3.8, 4) is 5.75 Å². The Morgan fingerprint density at radius 3 is 2.61 bits per heavy atom. The highest BCUT2D eigenvalue weighted by molar-refractivity contribution is 5.80. The van der Waals surface area contributed by atoms with E-state index in [1.54, 1.807) is 18.6 Å². The summed E-state index contributed by atoms with van der Waals surface area (Å²) in [5.41, 5.74) is 2.09. The normalized spacial score (nSPS) is 17.1. The van der Waals surface area contributed by atoms with Crippen molar-refractivity contribution in [3.05, 3.63) is 84.3 Å². The molecule has 2 atom stereocenters. The zero-order valence-electron chi connectivity index (χ0n) is 17.8. The van der Waals surface area contributed by atoms with E-state index in [1.807, 2.05) is 61.5 Å². The average Bonchev–Trinajstić information content (AvgIpc) is 2.84. The van der Waals surface area contributed by atoms with Crippen LogP contribution >= 0.6 is 0 Å². The van der Waals surface area contributed by atoms with Gasteiger partial charge in [-0.2, -0.15) is 0 Å². The number of benzene rings is 2. The fourth-order valence-corrected chi connectivity index (χ4v) is 4.04. The number of hydrogen-bond acceptors (Lipinski definition) is 5. The number of piperidine rings is 1. The number of rotatable bonds is 7. The molecule has 6 nitrogen and oxygen atoms in total. The summed E-state index contributed by atoms with van der Waals surface area (Å²) in [5.74, 6) is 1.63. The zero-order valence-corrected chi connectivity index (χ0v) is 17.8. The molecular formula is C25H28N4O2. The number of amides is 1. The molecule has 2 aromatic carbocycles. The van der Waals surface area contributed by atoms with Gasteiger partial charge in [-0.25, -0.2) is 4.98 Å². The van der Waals surface area contributed by atoms with Crippen LogP contribution in [0.25, 0.3) is 0 Å². The van der Waals surface area contributed by atoms with Gasteiger partial charge in [0.1, 0.15) is 11.6 Å². The largest absolute Gasteiger partial charge is 0.494 e. The third-order valence-corrected chi connectivity index (χ3v) is 5.61. The zero-order chi connectivity index (χ0) is 21.5. The molecule has 0 unspecified atom stereocenters. The Morgan fingerprint density at radius 1 is 1.13 bits per heavy atom. The highest BCUT2D eigenvalue weighted by atomic mass is 16.5. The van der Waals surface area contributed by atoms with Crippen molar-refractivity contribution >= 4 is 11.7 Å². The van der Waals surface area contributed by atoms with Crippen LogP contribution in [-0.2, 0) is 4.79 Å². The van der Waals surface area contributed by atoms with Crippen molar-refractivity contribution in [2.75, 3.05) is 24.6 Å². The van der Waals surface area contributed by atoms with Crippen molar-refractivity contribution in [1.82, 2.24) is 15.3 Å². The van der Waals surface area contributed by atoms with E-state index in [2.05, 4.69) is 20.2 Å². The quantitative estimate of drug-likeness (QED) is 0.631. The maximum atomic E-state index is 13.3. The molecule has 1 aromatic heterocycles. The maximum absolute atomic E-state index is 13.3. The fourth-order valence-electron chi connectivity index (χ4n) is 4.04. The molecule has 0 radical (unpaired) electrons. The second kappa shape index (κ2) is 10.1. The van der Waals surface area contributed by atoms with Gasteiger partial charge in [0, 0.05) is 25.5 Å². The van der Waals surface area contributed by atoms with Gasteiger partial charge >= 0.3 is 0 Å². The summed E-state index contributed by atoms with van der Waals surface area (Å²) in [6.07, 6.45) is 6.93. The van der Waals surface area contributed by atoms with E-state index in [0.717, 1.165) is 42.1 Å². The molecule has 0 bridgehead atoms. The van der Waals surface area contributed by atoms with Crippen LogP contribution in [0.5, 0.6) is 5.75 Å². The number of carbonyl (C=O) groups is 1. The summed E-state index contributed by atoms with van der Waals surface area (Å²) in [5, 5.41) is 3.30. The number of ether oxygens (including phenoxy) is 1. The van der Waals surface area contributed by atoms with Crippen LogP contribution in [0, 0.1) is 5.92 Å². The Labute approximate surface area is 183 Å². The Bertz CT molecular complexity index is 964. The van der Waals surface area contributed by atoms with Crippen LogP contribution in [0.1, 0.15) is 36.9 Å². The summed E-state index contributed by atoms with van der Waals surface area (Å²) >= 11 is 0. The van der Waals surface area contributed by atoms with E-state index in [9.17, 15) is 4.79 Å². The van der Waals surface area contributed by atoms with E-state index in [0.29, 0.717) is 13.2 Å². The first-order chi connectivity index (χ1) is 15.2. The van der Waals surface area contributed by atoms with Crippen molar-refractivity contribution < 1.29 is 9.53 Å². The van der Waals surface area contributed by atoms with E-state index in [-0.39, 0.29) is 17.9 Å². The summed E-state index contributed by atoms with van der Waals surface area (Å²) in [4.78, 5) is 24.0. The van der Waals surface area contributed by atoms with E-state index < -0.39 is 0 Å². The van der Waals surface area contributed by atoms with Crippen molar-refractivity contribution in [2.24, 2.45) is 5.92 Å². The van der Waals surface area contributed by atoms with Gasteiger partial charge in [-0.05, 0) is 43.0 Å². The Morgan fingerprint density at radius 2 is 1.90 bits per heavy atom. The molecule has 1 aliphatic rings. The van der Waals surface area contributed by atoms with Gasteiger partial charge in [0.15, 0.2) is 0 Å².